The average molecular weight is 295 g/mol. The zero-order valence-electron chi connectivity index (χ0n) is 9.78. The first-order valence-electron chi connectivity index (χ1n) is 4.97. The van der Waals surface area contributed by atoms with Crippen LogP contribution in [0.5, 0.6) is 0 Å². The Bertz CT molecular complexity index is 581. The summed E-state index contributed by atoms with van der Waals surface area (Å²) >= 11 is 5.54. The Balaban J connectivity index is 3.15. The highest BCUT2D eigenvalue weighted by atomic mass is 35.5. The average Bonchev–Trinajstić information content (AvgIpc) is 2.21. The minimum atomic E-state index is -4.03. The highest BCUT2D eigenvalue weighted by molar-refractivity contribution is 7.92. The SMILES string of the molecule is CC(C)(C(=O)O)S(=O)(=O)Cc1ccc(Cl)cc1F. The van der Waals surface area contributed by atoms with E-state index in [-0.39, 0.29) is 10.6 Å². The molecule has 0 heterocycles. The zero-order chi connectivity index (χ0) is 14.1. The molecule has 0 aliphatic heterocycles. The van der Waals surface area contributed by atoms with Crippen LogP contribution in [0.4, 0.5) is 4.39 Å². The number of halogens is 2. The van der Waals surface area contributed by atoms with Gasteiger partial charge in [0.25, 0.3) is 0 Å². The van der Waals surface area contributed by atoms with Gasteiger partial charge in [0.15, 0.2) is 14.6 Å². The molecule has 0 spiro atoms. The van der Waals surface area contributed by atoms with E-state index in [1.54, 1.807) is 0 Å². The van der Waals surface area contributed by atoms with Gasteiger partial charge in [-0.05, 0) is 26.0 Å². The number of hydrogen-bond donors (Lipinski definition) is 1. The molecule has 1 rings (SSSR count). The second-order valence-electron chi connectivity index (χ2n) is 4.31. The molecule has 0 aromatic heterocycles. The molecule has 0 radical (unpaired) electrons. The van der Waals surface area contributed by atoms with E-state index in [1.807, 2.05) is 0 Å². The van der Waals surface area contributed by atoms with Crippen molar-refractivity contribution in [2.45, 2.75) is 24.3 Å². The molecule has 0 fully saturated rings. The zero-order valence-corrected chi connectivity index (χ0v) is 11.3. The van der Waals surface area contributed by atoms with Gasteiger partial charge in [0, 0.05) is 10.6 Å². The molecule has 0 aliphatic rings. The number of carboxylic acid groups (broad SMARTS) is 1. The maximum Gasteiger partial charge on any atom is 0.324 e. The van der Waals surface area contributed by atoms with Crippen LogP contribution in [0.2, 0.25) is 5.02 Å². The van der Waals surface area contributed by atoms with Gasteiger partial charge in [0.05, 0.1) is 5.75 Å². The Hall–Kier alpha value is -1.14. The summed E-state index contributed by atoms with van der Waals surface area (Å²) in [4.78, 5) is 10.9. The summed E-state index contributed by atoms with van der Waals surface area (Å²) in [6.07, 6.45) is 0. The molecule has 0 saturated carbocycles. The third-order valence-electron chi connectivity index (χ3n) is 2.65. The summed E-state index contributed by atoms with van der Waals surface area (Å²) < 4.78 is 35.3. The van der Waals surface area contributed by atoms with Crippen molar-refractivity contribution in [1.29, 1.82) is 0 Å². The van der Waals surface area contributed by atoms with Gasteiger partial charge in [-0.15, -0.1) is 0 Å². The van der Waals surface area contributed by atoms with Crippen LogP contribution in [0.25, 0.3) is 0 Å². The second kappa shape index (κ2) is 4.85. The Morgan fingerprint density at radius 1 is 1.44 bits per heavy atom. The number of carbonyl (C=O) groups is 1. The van der Waals surface area contributed by atoms with Gasteiger partial charge in [-0.3, -0.25) is 4.79 Å². The number of aliphatic carboxylic acids is 1. The van der Waals surface area contributed by atoms with Gasteiger partial charge >= 0.3 is 5.97 Å². The summed E-state index contributed by atoms with van der Waals surface area (Å²) in [5.41, 5.74) is -0.103. The van der Waals surface area contributed by atoms with Crippen LogP contribution < -0.4 is 0 Å². The largest absolute Gasteiger partial charge is 0.480 e. The Kier molecular flexibility index (Phi) is 4.02. The topological polar surface area (TPSA) is 71.4 Å². The molecule has 18 heavy (non-hydrogen) atoms. The first-order valence-corrected chi connectivity index (χ1v) is 7.00. The van der Waals surface area contributed by atoms with E-state index in [0.29, 0.717) is 0 Å². The van der Waals surface area contributed by atoms with Gasteiger partial charge in [0.1, 0.15) is 5.82 Å². The lowest BCUT2D eigenvalue weighted by atomic mass is 10.2. The molecule has 1 aromatic rings. The van der Waals surface area contributed by atoms with Crippen LogP contribution in [0.3, 0.4) is 0 Å². The highest BCUT2D eigenvalue weighted by Gasteiger charge is 2.42. The maximum atomic E-state index is 13.5. The third kappa shape index (κ3) is 2.81. The predicted molar refractivity (Wildman–Crippen MR) is 65.7 cm³/mol. The monoisotopic (exact) mass is 294 g/mol. The van der Waals surface area contributed by atoms with Crippen LogP contribution in [0.15, 0.2) is 18.2 Å². The summed E-state index contributed by atoms with van der Waals surface area (Å²) in [5, 5.41) is 9.02. The van der Waals surface area contributed by atoms with Crippen LogP contribution in [0, 0.1) is 5.82 Å². The van der Waals surface area contributed by atoms with Crippen LogP contribution in [-0.2, 0) is 20.4 Å². The minimum absolute atomic E-state index is 0.103. The minimum Gasteiger partial charge on any atom is -0.480 e. The van der Waals surface area contributed by atoms with Crippen molar-refractivity contribution in [3.8, 4) is 0 Å². The summed E-state index contributed by atoms with van der Waals surface area (Å²) in [7, 11) is -4.03. The van der Waals surface area contributed by atoms with Crippen LogP contribution in [0.1, 0.15) is 19.4 Å². The quantitative estimate of drug-likeness (QED) is 0.924. The Morgan fingerprint density at radius 2 is 2.00 bits per heavy atom. The molecule has 1 aromatic carbocycles. The molecular formula is C11H12ClFO4S. The highest BCUT2D eigenvalue weighted by Crippen LogP contribution is 2.24. The fraction of sp³-hybridized carbons (Fsp3) is 0.364. The van der Waals surface area contributed by atoms with Gasteiger partial charge < -0.3 is 5.11 Å². The number of benzene rings is 1. The Labute approximate surface area is 109 Å². The van der Waals surface area contributed by atoms with Gasteiger partial charge in [-0.25, -0.2) is 12.8 Å². The van der Waals surface area contributed by atoms with E-state index in [2.05, 4.69) is 0 Å². The molecule has 4 nitrogen and oxygen atoms in total. The molecule has 0 bridgehead atoms. The van der Waals surface area contributed by atoms with E-state index in [0.717, 1.165) is 19.9 Å². The van der Waals surface area contributed by atoms with Crippen molar-refractivity contribution >= 4 is 27.4 Å². The number of hydrogen-bond acceptors (Lipinski definition) is 3. The number of rotatable bonds is 4. The van der Waals surface area contributed by atoms with Crippen molar-refractivity contribution < 1.29 is 22.7 Å². The van der Waals surface area contributed by atoms with Crippen molar-refractivity contribution in [2.75, 3.05) is 0 Å². The fourth-order valence-electron chi connectivity index (χ4n) is 1.16. The predicted octanol–water partition coefficient (Wildman–Crippen LogP) is 2.26. The van der Waals surface area contributed by atoms with Crippen LogP contribution >= 0.6 is 11.6 Å². The van der Waals surface area contributed by atoms with Crippen molar-refractivity contribution in [3.63, 3.8) is 0 Å². The molecule has 100 valence electrons. The molecule has 7 heteroatoms. The van der Waals surface area contributed by atoms with Crippen molar-refractivity contribution in [1.82, 2.24) is 0 Å². The number of carboxylic acids is 1. The molecule has 0 aliphatic carbocycles. The van der Waals surface area contributed by atoms with E-state index < -0.39 is 32.1 Å². The molecule has 0 saturated heterocycles. The molecule has 1 N–H and O–H groups in total. The molecular weight excluding hydrogens is 283 g/mol. The van der Waals surface area contributed by atoms with Gasteiger partial charge in [-0.2, -0.15) is 0 Å². The summed E-state index contributed by atoms with van der Waals surface area (Å²) in [6, 6.07) is 3.57. The fourth-order valence-corrected chi connectivity index (χ4v) is 2.59. The standard InChI is InChI=1S/C11H12ClFO4S/c1-11(2,10(14)15)18(16,17)6-7-3-4-8(12)5-9(7)13/h3-5H,6H2,1-2H3,(H,14,15). The Morgan fingerprint density at radius 3 is 2.44 bits per heavy atom. The normalized spacial score (nSPS) is 12.4. The van der Waals surface area contributed by atoms with E-state index in [4.69, 9.17) is 16.7 Å². The third-order valence-corrected chi connectivity index (χ3v) is 5.31. The van der Waals surface area contributed by atoms with Crippen molar-refractivity contribution in [3.05, 3.63) is 34.6 Å². The maximum absolute atomic E-state index is 13.5. The van der Waals surface area contributed by atoms with Gasteiger partial charge in [0.2, 0.25) is 0 Å². The second-order valence-corrected chi connectivity index (χ2v) is 7.29. The lowest BCUT2D eigenvalue weighted by Gasteiger charge is -2.19. The molecule has 0 atom stereocenters. The van der Waals surface area contributed by atoms with E-state index in [1.165, 1.54) is 12.1 Å². The first-order chi connectivity index (χ1) is 8.08. The number of sulfone groups is 1. The summed E-state index contributed by atoms with van der Waals surface area (Å²) in [5.74, 6) is -2.93. The molecule has 0 amide bonds. The lowest BCUT2D eigenvalue weighted by Crippen LogP contribution is -2.41. The van der Waals surface area contributed by atoms with Crippen molar-refractivity contribution in [2.24, 2.45) is 0 Å². The smallest absolute Gasteiger partial charge is 0.324 e. The van der Waals surface area contributed by atoms with Crippen LogP contribution in [-0.4, -0.2) is 24.2 Å². The van der Waals surface area contributed by atoms with E-state index >= 15 is 0 Å². The lowest BCUT2D eigenvalue weighted by molar-refractivity contribution is -0.139. The first kappa shape index (κ1) is 14.9. The molecule has 0 unspecified atom stereocenters. The van der Waals surface area contributed by atoms with Gasteiger partial charge in [-0.1, -0.05) is 17.7 Å². The van der Waals surface area contributed by atoms with E-state index in [9.17, 15) is 17.6 Å². The summed E-state index contributed by atoms with van der Waals surface area (Å²) in [6.45, 7) is 2.14.